The van der Waals surface area contributed by atoms with Gasteiger partial charge in [0.05, 0.1) is 0 Å². The van der Waals surface area contributed by atoms with E-state index in [0.717, 1.165) is 34.0 Å². The molecular weight excluding hydrogens is 609 g/mol. The van der Waals surface area contributed by atoms with Gasteiger partial charge in [0.1, 0.15) is 0 Å². The van der Waals surface area contributed by atoms with Crippen molar-refractivity contribution in [3.8, 4) is 0 Å². The molecule has 3 heteroatoms. The minimum atomic E-state index is -2.61. The third-order valence-electron chi connectivity index (χ3n) is 8.78. The predicted octanol–water partition coefficient (Wildman–Crippen LogP) is 10.9. The SMILES string of the molecule is C(=C[Si](C=CN(c1ccccc1)c1ccccc1)(c1ccccc1)c1ccccc1)c1ccc(N(c2ccccc2)c2ccccc2)cc1. The first kappa shape index (κ1) is 31.4. The molecule has 0 aliphatic carbocycles. The Balaban J connectivity index is 1.32. The number of benzene rings is 7. The van der Waals surface area contributed by atoms with Crippen LogP contribution in [0.2, 0.25) is 0 Å². The van der Waals surface area contributed by atoms with Crippen molar-refractivity contribution in [2.45, 2.75) is 0 Å². The molecule has 0 aliphatic rings. The van der Waals surface area contributed by atoms with E-state index >= 15 is 0 Å². The molecule has 0 amide bonds. The van der Waals surface area contributed by atoms with Gasteiger partial charge in [0.25, 0.3) is 0 Å². The lowest BCUT2D eigenvalue weighted by molar-refractivity contribution is 1.28. The second kappa shape index (κ2) is 15.2. The van der Waals surface area contributed by atoms with E-state index in [-0.39, 0.29) is 0 Å². The molecule has 49 heavy (non-hydrogen) atoms. The van der Waals surface area contributed by atoms with E-state index < -0.39 is 8.07 Å². The Hall–Kier alpha value is -6.16. The summed E-state index contributed by atoms with van der Waals surface area (Å²) in [7, 11) is -2.61. The fraction of sp³-hybridized carbons (Fsp3) is 0. The lowest BCUT2D eigenvalue weighted by Crippen LogP contribution is -2.56. The molecule has 0 spiro atoms. The molecule has 0 saturated heterocycles. The Kier molecular flexibility index (Phi) is 9.73. The minimum absolute atomic E-state index is 1.12. The van der Waals surface area contributed by atoms with E-state index in [1.807, 2.05) is 0 Å². The lowest BCUT2D eigenvalue weighted by atomic mass is 10.1. The Morgan fingerprint density at radius 1 is 0.327 bits per heavy atom. The molecule has 0 heterocycles. The maximum atomic E-state index is 2.48. The van der Waals surface area contributed by atoms with Crippen LogP contribution in [-0.2, 0) is 0 Å². The van der Waals surface area contributed by atoms with Crippen LogP contribution < -0.4 is 20.2 Å². The summed E-state index contributed by atoms with van der Waals surface area (Å²) in [6.07, 6.45) is 4.59. The van der Waals surface area contributed by atoms with Crippen LogP contribution in [0.4, 0.5) is 28.4 Å². The maximum absolute atomic E-state index is 2.61. The van der Waals surface area contributed by atoms with Crippen molar-refractivity contribution < 1.29 is 0 Å². The molecular formula is C46H38N2Si. The molecule has 7 aromatic rings. The normalized spacial score (nSPS) is 11.5. The van der Waals surface area contributed by atoms with Crippen molar-refractivity contribution in [1.82, 2.24) is 0 Å². The topological polar surface area (TPSA) is 6.48 Å². The number of anilines is 5. The van der Waals surface area contributed by atoms with Gasteiger partial charge in [-0.05, 0) is 76.6 Å². The second-order valence-corrected chi connectivity index (χ2v) is 15.4. The van der Waals surface area contributed by atoms with Crippen LogP contribution in [0.5, 0.6) is 0 Å². The Labute approximate surface area is 291 Å². The molecule has 0 unspecified atom stereocenters. The molecule has 7 rings (SSSR count). The fourth-order valence-corrected chi connectivity index (χ4v) is 9.83. The molecule has 0 aliphatic heterocycles. The number of rotatable bonds is 11. The average molecular weight is 647 g/mol. The first-order chi connectivity index (χ1) is 24.3. The molecule has 0 bridgehead atoms. The molecule has 0 N–H and O–H groups in total. The van der Waals surface area contributed by atoms with Gasteiger partial charge < -0.3 is 9.80 Å². The van der Waals surface area contributed by atoms with E-state index in [1.165, 1.54) is 10.4 Å². The summed E-state index contributed by atoms with van der Waals surface area (Å²) in [6, 6.07) is 73.1. The average Bonchev–Trinajstić information content (AvgIpc) is 3.19. The minimum Gasteiger partial charge on any atom is -0.318 e. The van der Waals surface area contributed by atoms with Gasteiger partial charge in [-0.1, -0.05) is 163 Å². The van der Waals surface area contributed by atoms with Gasteiger partial charge in [-0.15, -0.1) is 0 Å². The van der Waals surface area contributed by atoms with Crippen molar-refractivity contribution in [3.63, 3.8) is 0 Å². The van der Waals surface area contributed by atoms with Gasteiger partial charge in [0.2, 0.25) is 0 Å². The van der Waals surface area contributed by atoms with Crippen LogP contribution in [0.3, 0.4) is 0 Å². The number of nitrogens with zero attached hydrogens (tertiary/aromatic N) is 2. The van der Waals surface area contributed by atoms with Gasteiger partial charge in [0, 0.05) is 34.6 Å². The summed E-state index contributed by atoms with van der Waals surface area (Å²) >= 11 is 0. The molecule has 0 fully saturated rings. The monoisotopic (exact) mass is 646 g/mol. The molecule has 0 aromatic heterocycles. The fourth-order valence-electron chi connectivity index (χ4n) is 6.29. The highest BCUT2D eigenvalue weighted by Gasteiger charge is 2.32. The molecule has 0 radical (unpaired) electrons. The zero-order chi connectivity index (χ0) is 33.1. The van der Waals surface area contributed by atoms with Gasteiger partial charge in [-0.25, -0.2) is 0 Å². The van der Waals surface area contributed by atoms with E-state index in [4.69, 9.17) is 0 Å². The molecule has 236 valence electrons. The van der Waals surface area contributed by atoms with Crippen molar-refractivity contribution in [2.75, 3.05) is 9.80 Å². The summed E-state index contributed by atoms with van der Waals surface area (Å²) in [5.41, 5.74) is 11.7. The summed E-state index contributed by atoms with van der Waals surface area (Å²) in [4.78, 5) is 4.59. The smallest absolute Gasteiger partial charge is 0.166 e. The number of hydrogen-bond donors (Lipinski definition) is 0. The van der Waals surface area contributed by atoms with Crippen LogP contribution in [0.25, 0.3) is 6.08 Å². The molecule has 2 nitrogen and oxygen atoms in total. The quantitative estimate of drug-likeness (QED) is 0.129. The van der Waals surface area contributed by atoms with Crippen LogP contribution in [-0.4, -0.2) is 8.07 Å². The van der Waals surface area contributed by atoms with Crippen molar-refractivity contribution in [3.05, 3.63) is 229 Å². The number of para-hydroxylation sites is 4. The van der Waals surface area contributed by atoms with Crippen molar-refractivity contribution >= 4 is 53.0 Å². The maximum Gasteiger partial charge on any atom is 0.166 e. The van der Waals surface area contributed by atoms with E-state index in [1.54, 1.807) is 0 Å². The van der Waals surface area contributed by atoms with Crippen LogP contribution in [0.15, 0.2) is 224 Å². The summed E-state index contributed by atoms with van der Waals surface area (Å²) < 4.78 is 0. The van der Waals surface area contributed by atoms with Gasteiger partial charge in [-0.2, -0.15) is 0 Å². The Morgan fingerprint density at radius 3 is 1.08 bits per heavy atom. The van der Waals surface area contributed by atoms with E-state index in [9.17, 15) is 0 Å². The van der Waals surface area contributed by atoms with E-state index in [0.29, 0.717) is 0 Å². The van der Waals surface area contributed by atoms with E-state index in [2.05, 4.69) is 240 Å². The Bertz CT molecular complexity index is 1960. The molecule has 7 aromatic carbocycles. The lowest BCUT2D eigenvalue weighted by Gasteiger charge is -2.29. The van der Waals surface area contributed by atoms with Crippen molar-refractivity contribution in [1.29, 1.82) is 0 Å². The summed E-state index contributed by atoms with van der Waals surface area (Å²) in [6.45, 7) is 0. The van der Waals surface area contributed by atoms with Gasteiger partial charge in [-0.3, -0.25) is 0 Å². The van der Waals surface area contributed by atoms with Crippen LogP contribution in [0, 0.1) is 0 Å². The Morgan fingerprint density at radius 2 is 0.673 bits per heavy atom. The van der Waals surface area contributed by atoms with Crippen LogP contribution >= 0.6 is 0 Å². The molecule has 0 saturated carbocycles. The first-order valence-electron chi connectivity index (χ1n) is 16.7. The third kappa shape index (κ3) is 7.23. The van der Waals surface area contributed by atoms with Gasteiger partial charge in [0.15, 0.2) is 8.07 Å². The van der Waals surface area contributed by atoms with Crippen LogP contribution in [0.1, 0.15) is 5.56 Å². The zero-order valence-corrected chi connectivity index (χ0v) is 28.3. The third-order valence-corrected chi connectivity index (χ3v) is 12.7. The highest BCUT2D eigenvalue weighted by atomic mass is 28.3. The summed E-state index contributed by atoms with van der Waals surface area (Å²) in [5.74, 6) is 0. The predicted molar refractivity (Wildman–Crippen MR) is 212 cm³/mol. The second-order valence-electron chi connectivity index (χ2n) is 11.9. The standard InChI is InChI=1S/C46H38N2Si/c1-7-19-40(20-8-1)47(41-21-9-2-10-22-41)36-38-49(45-27-15-5-16-28-45,46-29-17-6-18-30-46)37-35-39-31-33-44(34-32-39)48(42-23-11-3-12-24-42)43-25-13-4-14-26-43/h1-38H. The largest absolute Gasteiger partial charge is 0.318 e. The zero-order valence-electron chi connectivity index (χ0n) is 27.3. The highest BCUT2D eigenvalue weighted by molar-refractivity contribution is 7.09. The van der Waals surface area contributed by atoms with Gasteiger partial charge >= 0.3 is 0 Å². The first-order valence-corrected chi connectivity index (χ1v) is 18.8. The highest BCUT2D eigenvalue weighted by Crippen LogP contribution is 2.34. The molecule has 0 atom stereocenters. The number of hydrogen-bond acceptors (Lipinski definition) is 2. The summed E-state index contributed by atoms with van der Waals surface area (Å²) in [5, 5.41) is 2.65. The van der Waals surface area contributed by atoms with Crippen molar-refractivity contribution in [2.24, 2.45) is 0 Å².